The summed E-state index contributed by atoms with van der Waals surface area (Å²) in [5.74, 6) is 0.528. The molecule has 0 bridgehead atoms. The smallest absolute Gasteiger partial charge is 0.274 e. The molecule has 2 aromatic heterocycles. The fourth-order valence-electron chi connectivity index (χ4n) is 3.18. The van der Waals surface area contributed by atoms with E-state index in [1.165, 1.54) is 0 Å². The molecule has 0 aliphatic carbocycles. The van der Waals surface area contributed by atoms with E-state index in [1.54, 1.807) is 4.90 Å². The lowest BCUT2D eigenvalue weighted by molar-refractivity contribution is 0.0725. The standard InChI is InChI=1S/C18H18N6O2/c1-10-14(22-15(20-10)11-5-3-2-4-6-11)17(26)24-8-7-12-13(9-24)21-18(19)23-16(12)25/h2-6H,7-9H2,1H3,(H,20,22)(H3,19,21,23,25). The van der Waals surface area contributed by atoms with Crippen LogP contribution in [0.4, 0.5) is 5.95 Å². The van der Waals surface area contributed by atoms with Crippen LogP contribution in [-0.4, -0.2) is 37.3 Å². The van der Waals surface area contributed by atoms with Gasteiger partial charge in [-0.05, 0) is 13.3 Å². The third-order valence-corrected chi connectivity index (χ3v) is 4.51. The van der Waals surface area contributed by atoms with Gasteiger partial charge in [0.25, 0.3) is 11.5 Å². The first-order chi connectivity index (χ1) is 12.5. The maximum absolute atomic E-state index is 12.9. The Morgan fingerprint density at radius 2 is 1.96 bits per heavy atom. The number of nitrogens with one attached hydrogen (secondary N) is 2. The van der Waals surface area contributed by atoms with E-state index in [0.717, 1.165) is 5.56 Å². The number of aromatic amines is 2. The molecule has 0 spiro atoms. The van der Waals surface area contributed by atoms with Crippen LogP contribution in [0, 0.1) is 6.92 Å². The van der Waals surface area contributed by atoms with Crippen molar-refractivity contribution in [2.24, 2.45) is 0 Å². The molecule has 0 saturated carbocycles. The zero-order valence-electron chi connectivity index (χ0n) is 14.2. The number of aryl methyl sites for hydroxylation is 1. The summed E-state index contributed by atoms with van der Waals surface area (Å²) in [6, 6.07) is 9.63. The molecular formula is C18H18N6O2. The van der Waals surface area contributed by atoms with Crippen LogP contribution in [0.5, 0.6) is 0 Å². The van der Waals surface area contributed by atoms with Crippen molar-refractivity contribution in [2.75, 3.05) is 12.3 Å². The van der Waals surface area contributed by atoms with Gasteiger partial charge < -0.3 is 15.6 Å². The van der Waals surface area contributed by atoms with Gasteiger partial charge in [0.05, 0.1) is 12.2 Å². The third kappa shape index (κ3) is 2.75. The summed E-state index contributed by atoms with van der Waals surface area (Å²) in [7, 11) is 0. The highest BCUT2D eigenvalue weighted by Crippen LogP contribution is 2.21. The van der Waals surface area contributed by atoms with Crippen LogP contribution in [0.2, 0.25) is 0 Å². The van der Waals surface area contributed by atoms with Gasteiger partial charge in [0.1, 0.15) is 11.5 Å². The molecule has 1 aliphatic rings. The average molecular weight is 350 g/mol. The van der Waals surface area contributed by atoms with Crippen LogP contribution < -0.4 is 11.3 Å². The summed E-state index contributed by atoms with van der Waals surface area (Å²) in [5.41, 5.74) is 8.52. The Balaban J connectivity index is 1.63. The van der Waals surface area contributed by atoms with Crippen LogP contribution >= 0.6 is 0 Å². The molecule has 0 fully saturated rings. The molecule has 26 heavy (non-hydrogen) atoms. The molecule has 4 N–H and O–H groups in total. The zero-order valence-corrected chi connectivity index (χ0v) is 14.2. The first kappa shape index (κ1) is 16.1. The predicted octanol–water partition coefficient (Wildman–Crippen LogP) is 1.25. The van der Waals surface area contributed by atoms with E-state index >= 15 is 0 Å². The van der Waals surface area contributed by atoms with Crippen molar-refractivity contribution >= 4 is 11.9 Å². The molecule has 8 heteroatoms. The fraction of sp³-hybridized carbons (Fsp3) is 0.222. The van der Waals surface area contributed by atoms with E-state index in [-0.39, 0.29) is 24.0 Å². The maximum Gasteiger partial charge on any atom is 0.274 e. The van der Waals surface area contributed by atoms with Gasteiger partial charge >= 0.3 is 0 Å². The predicted molar refractivity (Wildman–Crippen MR) is 96.5 cm³/mol. The number of fused-ring (bicyclic) bond motifs is 1. The number of amides is 1. The van der Waals surface area contributed by atoms with Gasteiger partial charge in [0, 0.05) is 23.4 Å². The number of rotatable bonds is 2. The van der Waals surface area contributed by atoms with Crippen molar-refractivity contribution < 1.29 is 4.79 Å². The van der Waals surface area contributed by atoms with E-state index in [0.29, 0.717) is 41.4 Å². The number of anilines is 1. The Bertz CT molecular complexity index is 1040. The molecule has 0 saturated heterocycles. The fourth-order valence-corrected chi connectivity index (χ4v) is 3.18. The summed E-state index contributed by atoms with van der Waals surface area (Å²) < 4.78 is 0. The molecule has 8 nitrogen and oxygen atoms in total. The largest absolute Gasteiger partial charge is 0.369 e. The second-order valence-corrected chi connectivity index (χ2v) is 6.28. The topological polar surface area (TPSA) is 121 Å². The van der Waals surface area contributed by atoms with Crippen molar-refractivity contribution in [1.29, 1.82) is 0 Å². The van der Waals surface area contributed by atoms with Crippen molar-refractivity contribution in [3.05, 3.63) is 63.3 Å². The van der Waals surface area contributed by atoms with Crippen LogP contribution in [0.15, 0.2) is 35.1 Å². The molecule has 4 rings (SSSR count). The summed E-state index contributed by atoms with van der Waals surface area (Å²) in [6.45, 7) is 2.51. The van der Waals surface area contributed by atoms with Gasteiger partial charge in [0.2, 0.25) is 5.95 Å². The van der Waals surface area contributed by atoms with Crippen molar-refractivity contribution in [3.63, 3.8) is 0 Å². The minimum atomic E-state index is -0.234. The van der Waals surface area contributed by atoms with Gasteiger partial charge in [-0.1, -0.05) is 30.3 Å². The Labute approximate surface area is 149 Å². The number of carbonyl (C=O) groups is 1. The van der Waals surface area contributed by atoms with Crippen LogP contribution in [0.25, 0.3) is 11.4 Å². The van der Waals surface area contributed by atoms with Crippen LogP contribution in [-0.2, 0) is 13.0 Å². The average Bonchev–Trinajstić information content (AvgIpc) is 3.03. The van der Waals surface area contributed by atoms with Crippen molar-refractivity contribution in [2.45, 2.75) is 19.9 Å². The number of aromatic nitrogens is 4. The molecule has 0 radical (unpaired) electrons. The minimum absolute atomic E-state index is 0.0605. The molecular weight excluding hydrogens is 332 g/mol. The van der Waals surface area contributed by atoms with Gasteiger partial charge in [0.15, 0.2) is 0 Å². The lowest BCUT2D eigenvalue weighted by Gasteiger charge is -2.27. The number of benzene rings is 1. The lowest BCUT2D eigenvalue weighted by Crippen LogP contribution is -2.39. The van der Waals surface area contributed by atoms with Crippen LogP contribution in [0.1, 0.15) is 27.4 Å². The maximum atomic E-state index is 12.9. The molecule has 0 atom stereocenters. The summed E-state index contributed by atoms with van der Waals surface area (Å²) in [6.07, 6.45) is 0.443. The first-order valence-corrected chi connectivity index (χ1v) is 8.32. The highest BCUT2D eigenvalue weighted by Gasteiger charge is 2.27. The number of imidazole rings is 1. The Morgan fingerprint density at radius 3 is 2.73 bits per heavy atom. The number of hydrogen-bond acceptors (Lipinski definition) is 5. The second kappa shape index (κ2) is 6.14. The highest BCUT2D eigenvalue weighted by molar-refractivity contribution is 5.94. The number of nitrogens with two attached hydrogens (primary N) is 1. The Hall–Kier alpha value is -3.42. The zero-order chi connectivity index (χ0) is 18.3. The quantitative estimate of drug-likeness (QED) is 0.642. The SMILES string of the molecule is Cc1[nH]c(-c2ccccc2)nc1C(=O)N1CCc2c(nc(N)[nH]c2=O)C1. The Morgan fingerprint density at radius 1 is 1.19 bits per heavy atom. The summed E-state index contributed by atoms with van der Waals surface area (Å²) in [5, 5.41) is 0. The van der Waals surface area contributed by atoms with E-state index in [2.05, 4.69) is 19.9 Å². The molecule has 1 amide bonds. The number of carbonyl (C=O) groups excluding carboxylic acids is 1. The van der Waals surface area contributed by atoms with E-state index < -0.39 is 0 Å². The monoisotopic (exact) mass is 350 g/mol. The second-order valence-electron chi connectivity index (χ2n) is 6.28. The summed E-state index contributed by atoms with van der Waals surface area (Å²) >= 11 is 0. The van der Waals surface area contributed by atoms with E-state index in [1.807, 2.05) is 37.3 Å². The third-order valence-electron chi connectivity index (χ3n) is 4.51. The lowest BCUT2D eigenvalue weighted by atomic mass is 10.1. The van der Waals surface area contributed by atoms with Crippen LogP contribution in [0.3, 0.4) is 0 Å². The molecule has 1 aliphatic heterocycles. The molecule has 132 valence electrons. The van der Waals surface area contributed by atoms with Gasteiger partial charge in [-0.25, -0.2) is 9.97 Å². The first-order valence-electron chi connectivity index (χ1n) is 8.32. The van der Waals surface area contributed by atoms with Gasteiger partial charge in [-0.3, -0.25) is 14.6 Å². The molecule has 0 unspecified atom stereocenters. The van der Waals surface area contributed by atoms with E-state index in [4.69, 9.17) is 5.73 Å². The highest BCUT2D eigenvalue weighted by atomic mass is 16.2. The normalized spacial score (nSPS) is 13.5. The number of H-pyrrole nitrogens is 2. The Kier molecular flexibility index (Phi) is 3.80. The molecule has 1 aromatic carbocycles. The molecule has 3 aromatic rings. The number of hydrogen-bond donors (Lipinski definition) is 3. The van der Waals surface area contributed by atoms with Gasteiger partial charge in [-0.2, -0.15) is 0 Å². The minimum Gasteiger partial charge on any atom is -0.369 e. The number of nitrogens with zero attached hydrogens (tertiary/aromatic N) is 3. The number of nitrogen functional groups attached to an aromatic ring is 1. The summed E-state index contributed by atoms with van der Waals surface area (Å²) in [4.78, 5) is 40.9. The van der Waals surface area contributed by atoms with E-state index in [9.17, 15) is 9.59 Å². The van der Waals surface area contributed by atoms with Crippen molar-refractivity contribution in [1.82, 2.24) is 24.8 Å². The molecule has 3 heterocycles. The van der Waals surface area contributed by atoms with Gasteiger partial charge in [-0.15, -0.1) is 0 Å². The van der Waals surface area contributed by atoms with Crippen molar-refractivity contribution in [3.8, 4) is 11.4 Å².